The summed E-state index contributed by atoms with van der Waals surface area (Å²) in [5.41, 5.74) is 1.92. The molecule has 1 heterocycles. The summed E-state index contributed by atoms with van der Waals surface area (Å²) in [7, 11) is 3.85. The van der Waals surface area contributed by atoms with E-state index in [1.54, 1.807) is 17.4 Å². The van der Waals surface area contributed by atoms with Gasteiger partial charge in [0, 0.05) is 24.2 Å². The van der Waals surface area contributed by atoms with Gasteiger partial charge in [-0.3, -0.25) is 0 Å². The van der Waals surface area contributed by atoms with E-state index in [9.17, 15) is 4.39 Å². The van der Waals surface area contributed by atoms with Gasteiger partial charge in [0.2, 0.25) is 0 Å². The molecule has 0 unspecified atom stereocenters. The highest BCUT2D eigenvalue weighted by atomic mass is 32.1. The van der Waals surface area contributed by atoms with Crippen LogP contribution in [0.5, 0.6) is 0 Å². The Morgan fingerprint density at radius 1 is 1.40 bits per heavy atom. The van der Waals surface area contributed by atoms with Gasteiger partial charge in [0.1, 0.15) is 5.82 Å². The molecule has 20 heavy (non-hydrogen) atoms. The molecule has 5 heteroatoms. The van der Waals surface area contributed by atoms with Gasteiger partial charge in [0.05, 0.1) is 5.69 Å². The van der Waals surface area contributed by atoms with E-state index < -0.39 is 0 Å². The Morgan fingerprint density at radius 2 is 2.15 bits per heavy atom. The Kier molecular flexibility index (Phi) is 4.73. The highest BCUT2D eigenvalue weighted by Gasteiger charge is 2.17. The summed E-state index contributed by atoms with van der Waals surface area (Å²) in [5, 5.41) is 4.07. The zero-order valence-electron chi connectivity index (χ0n) is 12.3. The normalized spacial score (nSPS) is 11.1. The van der Waals surface area contributed by atoms with E-state index in [0.29, 0.717) is 5.92 Å². The fourth-order valence-electron chi connectivity index (χ4n) is 2.03. The summed E-state index contributed by atoms with van der Waals surface area (Å²) in [4.78, 5) is 7.88. The smallest absolute Gasteiger partial charge is 0.190 e. The average Bonchev–Trinajstić information content (AvgIpc) is 2.82. The van der Waals surface area contributed by atoms with Crippen molar-refractivity contribution < 1.29 is 4.39 Å². The van der Waals surface area contributed by atoms with E-state index >= 15 is 0 Å². The van der Waals surface area contributed by atoms with E-state index in [-0.39, 0.29) is 5.82 Å². The third-order valence-corrected chi connectivity index (χ3v) is 4.23. The van der Waals surface area contributed by atoms with Crippen LogP contribution in [0.25, 0.3) is 0 Å². The topological polar surface area (TPSA) is 28.2 Å². The van der Waals surface area contributed by atoms with Crippen molar-refractivity contribution in [2.45, 2.75) is 26.3 Å². The van der Waals surface area contributed by atoms with E-state index in [1.165, 1.54) is 17.0 Å². The van der Waals surface area contributed by atoms with Crippen molar-refractivity contribution in [2.75, 3.05) is 19.0 Å². The van der Waals surface area contributed by atoms with Crippen molar-refractivity contribution in [2.24, 2.45) is 0 Å². The van der Waals surface area contributed by atoms with Crippen LogP contribution in [-0.2, 0) is 6.54 Å². The van der Waals surface area contributed by atoms with Crippen LogP contribution < -0.4 is 10.2 Å². The van der Waals surface area contributed by atoms with Crippen LogP contribution in [0.3, 0.4) is 0 Å². The summed E-state index contributed by atoms with van der Waals surface area (Å²) in [6.07, 6.45) is 0. The molecular formula is C15H20FN3S. The Bertz CT molecular complexity index is 580. The van der Waals surface area contributed by atoms with E-state index in [1.807, 2.05) is 25.1 Å². The highest BCUT2D eigenvalue weighted by Crippen LogP contribution is 2.33. The minimum atomic E-state index is -0.231. The minimum absolute atomic E-state index is 0.231. The van der Waals surface area contributed by atoms with Gasteiger partial charge in [-0.15, -0.1) is 0 Å². The van der Waals surface area contributed by atoms with Crippen LogP contribution in [0.2, 0.25) is 0 Å². The molecule has 1 aromatic heterocycles. The molecule has 2 aromatic rings. The Morgan fingerprint density at radius 3 is 2.75 bits per heavy atom. The monoisotopic (exact) mass is 293 g/mol. The van der Waals surface area contributed by atoms with Gasteiger partial charge in [-0.2, -0.15) is 0 Å². The number of benzene rings is 1. The summed E-state index contributed by atoms with van der Waals surface area (Å²) >= 11 is 1.65. The predicted molar refractivity (Wildman–Crippen MR) is 83.4 cm³/mol. The van der Waals surface area contributed by atoms with Crippen LogP contribution in [0, 0.1) is 5.82 Å². The SMILES string of the molecule is CNCc1sc(N(C)c2cccc(F)c2)nc1C(C)C. The third kappa shape index (κ3) is 3.16. The van der Waals surface area contributed by atoms with Crippen molar-refractivity contribution in [1.82, 2.24) is 10.3 Å². The lowest BCUT2D eigenvalue weighted by molar-refractivity contribution is 0.628. The second-order valence-corrected chi connectivity index (χ2v) is 6.09. The number of aromatic nitrogens is 1. The standard InChI is InChI=1S/C15H20FN3S/c1-10(2)14-13(9-17-3)20-15(18-14)19(4)12-7-5-6-11(16)8-12/h5-8,10,17H,9H2,1-4H3. The fourth-order valence-corrected chi connectivity index (χ4v) is 3.24. The summed E-state index contributed by atoms with van der Waals surface area (Å²) < 4.78 is 13.3. The predicted octanol–water partition coefficient (Wildman–Crippen LogP) is 3.89. The second-order valence-electron chi connectivity index (χ2n) is 5.03. The van der Waals surface area contributed by atoms with Gasteiger partial charge in [-0.1, -0.05) is 31.3 Å². The minimum Gasteiger partial charge on any atom is -0.321 e. The largest absolute Gasteiger partial charge is 0.321 e. The molecule has 2 rings (SSSR count). The molecule has 0 fully saturated rings. The Balaban J connectivity index is 2.34. The molecule has 0 aliphatic rings. The maximum atomic E-state index is 13.3. The Hall–Kier alpha value is -1.46. The van der Waals surface area contributed by atoms with Crippen LogP contribution in [-0.4, -0.2) is 19.1 Å². The molecule has 0 bridgehead atoms. The van der Waals surface area contributed by atoms with Gasteiger partial charge in [-0.05, 0) is 31.2 Å². The highest BCUT2D eigenvalue weighted by molar-refractivity contribution is 7.15. The maximum Gasteiger partial charge on any atom is 0.190 e. The fraction of sp³-hybridized carbons (Fsp3) is 0.400. The van der Waals surface area contributed by atoms with Gasteiger partial charge in [0.25, 0.3) is 0 Å². The molecule has 3 nitrogen and oxygen atoms in total. The number of hydrogen-bond donors (Lipinski definition) is 1. The number of nitrogens with zero attached hydrogens (tertiary/aromatic N) is 2. The third-order valence-electron chi connectivity index (χ3n) is 3.08. The zero-order chi connectivity index (χ0) is 14.7. The van der Waals surface area contributed by atoms with E-state index in [0.717, 1.165) is 23.1 Å². The first kappa shape index (κ1) is 14.9. The lowest BCUT2D eigenvalue weighted by Crippen LogP contribution is -2.09. The molecule has 0 saturated heterocycles. The molecule has 1 N–H and O–H groups in total. The van der Waals surface area contributed by atoms with Crippen molar-refractivity contribution in [3.8, 4) is 0 Å². The molecule has 0 aliphatic carbocycles. The number of thiazole rings is 1. The number of rotatable bonds is 5. The quantitative estimate of drug-likeness (QED) is 0.906. The summed E-state index contributed by atoms with van der Waals surface area (Å²) in [5.74, 6) is 0.148. The van der Waals surface area contributed by atoms with Gasteiger partial charge in [-0.25, -0.2) is 9.37 Å². The van der Waals surface area contributed by atoms with Gasteiger partial charge < -0.3 is 10.2 Å². The molecule has 0 amide bonds. The van der Waals surface area contributed by atoms with Crippen molar-refractivity contribution in [3.05, 3.63) is 40.7 Å². The van der Waals surface area contributed by atoms with Crippen LogP contribution in [0.15, 0.2) is 24.3 Å². The molecule has 0 radical (unpaired) electrons. The number of hydrogen-bond acceptors (Lipinski definition) is 4. The lowest BCUT2D eigenvalue weighted by Gasteiger charge is -2.15. The van der Waals surface area contributed by atoms with Gasteiger partial charge in [0.15, 0.2) is 5.13 Å². The molecule has 1 aromatic carbocycles. The molecule has 0 aliphatic heterocycles. The maximum absolute atomic E-state index is 13.3. The first-order valence-corrected chi connectivity index (χ1v) is 7.48. The first-order valence-electron chi connectivity index (χ1n) is 6.66. The van der Waals surface area contributed by atoms with Crippen LogP contribution in [0.4, 0.5) is 15.2 Å². The van der Waals surface area contributed by atoms with Crippen LogP contribution in [0.1, 0.15) is 30.3 Å². The second kappa shape index (κ2) is 6.33. The molecule has 0 atom stereocenters. The number of anilines is 2. The Labute approximate surface area is 123 Å². The van der Waals surface area contributed by atoms with E-state index in [2.05, 4.69) is 19.2 Å². The summed E-state index contributed by atoms with van der Waals surface area (Å²) in [6, 6.07) is 6.57. The summed E-state index contributed by atoms with van der Waals surface area (Å²) in [6.45, 7) is 5.09. The van der Waals surface area contributed by atoms with Crippen molar-refractivity contribution in [1.29, 1.82) is 0 Å². The molecule has 0 saturated carbocycles. The van der Waals surface area contributed by atoms with Gasteiger partial charge >= 0.3 is 0 Å². The molecule has 0 spiro atoms. The van der Waals surface area contributed by atoms with Crippen molar-refractivity contribution >= 4 is 22.2 Å². The average molecular weight is 293 g/mol. The molecular weight excluding hydrogens is 273 g/mol. The van der Waals surface area contributed by atoms with E-state index in [4.69, 9.17) is 4.98 Å². The molecule has 108 valence electrons. The van der Waals surface area contributed by atoms with Crippen LogP contribution >= 0.6 is 11.3 Å². The zero-order valence-corrected chi connectivity index (χ0v) is 13.1. The number of nitrogens with one attached hydrogen (secondary N) is 1. The van der Waals surface area contributed by atoms with Crippen molar-refractivity contribution in [3.63, 3.8) is 0 Å². The number of halogens is 1. The lowest BCUT2D eigenvalue weighted by atomic mass is 10.1. The first-order chi connectivity index (χ1) is 9.52.